The molecule has 0 aliphatic rings. The summed E-state index contributed by atoms with van der Waals surface area (Å²) in [5, 5.41) is 5.07. The summed E-state index contributed by atoms with van der Waals surface area (Å²) in [6.07, 6.45) is 0. The summed E-state index contributed by atoms with van der Waals surface area (Å²) in [6, 6.07) is 4.82. The second-order valence-electron chi connectivity index (χ2n) is 4.63. The SMILES string of the molecule is Cc1cc(-c2csc(NC(=O)C(C)CN)n2)ccc1F. The smallest absolute Gasteiger partial charge is 0.230 e. The number of aryl methyl sites for hydroxylation is 1. The first-order chi connectivity index (χ1) is 9.51. The number of aromatic nitrogens is 1. The van der Waals surface area contributed by atoms with Crippen LogP contribution in [0.2, 0.25) is 0 Å². The highest BCUT2D eigenvalue weighted by molar-refractivity contribution is 7.14. The van der Waals surface area contributed by atoms with E-state index in [0.29, 0.717) is 22.9 Å². The van der Waals surface area contributed by atoms with E-state index in [2.05, 4.69) is 10.3 Å². The van der Waals surface area contributed by atoms with Crippen molar-refractivity contribution >= 4 is 22.4 Å². The van der Waals surface area contributed by atoms with Crippen LogP contribution in [0.25, 0.3) is 11.3 Å². The predicted octanol–water partition coefficient (Wildman–Crippen LogP) is 2.79. The Labute approximate surface area is 120 Å². The third kappa shape index (κ3) is 3.20. The van der Waals surface area contributed by atoms with Crippen LogP contribution in [0.3, 0.4) is 0 Å². The average molecular weight is 293 g/mol. The molecule has 0 spiro atoms. The van der Waals surface area contributed by atoms with Gasteiger partial charge in [-0.1, -0.05) is 6.92 Å². The lowest BCUT2D eigenvalue weighted by molar-refractivity contribution is -0.119. The maximum atomic E-state index is 13.2. The van der Waals surface area contributed by atoms with Gasteiger partial charge in [0.05, 0.1) is 5.69 Å². The number of amides is 1. The monoisotopic (exact) mass is 293 g/mol. The largest absolute Gasteiger partial charge is 0.330 e. The molecule has 3 N–H and O–H groups in total. The number of benzene rings is 1. The summed E-state index contributed by atoms with van der Waals surface area (Å²) in [6.45, 7) is 3.76. The number of halogens is 1. The van der Waals surface area contributed by atoms with Gasteiger partial charge < -0.3 is 11.1 Å². The van der Waals surface area contributed by atoms with Crippen LogP contribution < -0.4 is 11.1 Å². The highest BCUT2D eigenvalue weighted by Gasteiger charge is 2.13. The number of carbonyl (C=O) groups excluding carboxylic acids is 1. The van der Waals surface area contributed by atoms with E-state index in [0.717, 1.165) is 5.56 Å². The zero-order valence-electron chi connectivity index (χ0n) is 11.3. The van der Waals surface area contributed by atoms with Gasteiger partial charge >= 0.3 is 0 Å². The van der Waals surface area contributed by atoms with Gasteiger partial charge in [-0.3, -0.25) is 4.79 Å². The molecule has 0 bridgehead atoms. The number of carbonyl (C=O) groups is 1. The normalized spacial score (nSPS) is 12.2. The first kappa shape index (κ1) is 14.6. The molecule has 0 fully saturated rings. The van der Waals surface area contributed by atoms with Crippen molar-refractivity contribution in [2.75, 3.05) is 11.9 Å². The minimum atomic E-state index is -0.254. The van der Waals surface area contributed by atoms with E-state index < -0.39 is 0 Å². The minimum Gasteiger partial charge on any atom is -0.330 e. The number of thiazole rings is 1. The molecule has 0 aliphatic carbocycles. The number of hydrogen-bond donors (Lipinski definition) is 2. The molecule has 0 aliphatic heterocycles. The van der Waals surface area contributed by atoms with Gasteiger partial charge in [-0.05, 0) is 30.7 Å². The lowest BCUT2D eigenvalue weighted by Gasteiger charge is -2.06. The summed E-state index contributed by atoms with van der Waals surface area (Å²) >= 11 is 1.33. The van der Waals surface area contributed by atoms with Gasteiger partial charge in [0, 0.05) is 23.4 Å². The second kappa shape index (κ2) is 6.11. The predicted molar refractivity (Wildman–Crippen MR) is 79.1 cm³/mol. The molecule has 0 saturated heterocycles. The fraction of sp³-hybridized carbons (Fsp3) is 0.286. The van der Waals surface area contributed by atoms with Crippen molar-refractivity contribution < 1.29 is 9.18 Å². The van der Waals surface area contributed by atoms with Crippen molar-refractivity contribution in [1.29, 1.82) is 0 Å². The Hall–Kier alpha value is -1.79. The zero-order valence-corrected chi connectivity index (χ0v) is 12.1. The summed E-state index contributed by atoms with van der Waals surface area (Å²) in [7, 11) is 0. The van der Waals surface area contributed by atoms with Crippen molar-refractivity contribution in [1.82, 2.24) is 4.98 Å². The molecule has 6 heteroatoms. The topological polar surface area (TPSA) is 68.0 Å². The molecular weight excluding hydrogens is 277 g/mol. The van der Waals surface area contributed by atoms with Gasteiger partial charge in [0.1, 0.15) is 5.82 Å². The van der Waals surface area contributed by atoms with Gasteiger partial charge in [-0.25, -0.2) is 9.37 Å². The molecule has 1 unspecified atom stereocenters. The lowest BCUT2D eigenvalue weighted by atomic mass is 10.1. The van der Waals surface area contributed by atoms with Crippen molar-refractivity contribution in [3.8, 4) is 11.3 Å². The Bertz CT molecular complexity index is 627. The summed E-state index contributed by atoms with van der Waals surface area (Å²) in [5.41, 5.74) is 7.55. The molecule has 106 valence electrons. The van der Waals surface area contributed by atoms with E-state index in [-0.39, 0.29) is 17.6 Å². The molecule has 1 atom stereocenters. The van der Waals surface area contributed by atoms with E-state index in [1.165, 1.54) is 17.4 Å². The molecule has 2 aromatic rings. The van der Waals surface area contributed by atoms with Gasteiger partial charge in [0.2, 0.25) is 5.91 Å². The summed E-state index contributed by atoms with van der Waals surface area (Å²) < 4.78 is 13.2. The van der Waals surface area contributed by atoms with Crippen LogP contribution in [-0.2, 0) is 4.79 Å². The van der Waals surface area contributed by atoms with Crippen molar-refractivity contribution in [3.63, 3.8) is 0 Å². The highest BCUT2D eigenvalue weighted by atomic mass is 32.1. The molecule has 1 aromatic carbocycles. The summed E-state index contributed by atoms with van der Waals surface area (Å²) in [4.78, 5) is 16.0. The summed E-state index contributed by atoms with van der Waals surface area (Å²) in [5.74, 6) is -0.645. The van der Waals surface area contributed by atoms with Gasteiger partial charge in [-0.15, -0.1) is 11.3 Å². The van der Waals surface area contributed by atoms with Gasteiger partial charge in [0.15, 0.2) is 5.13 Å². The number of nitrogens with one attached hydrogen (secondary N) is 1. The Morgan fingerprint density at radius 3 is 2.95 bits per heavy atom. The zero-order chi connectivity index (χ0) is 14.7. The third-order valence-corrected chi connectivity index (χ3v) is 3.75. The fourth-order valence-electron chi connectivity index (χ4n) is 1.60. The Morgan fingerprint density at radius 1 is 1.55 bits per heavy atom. The van der Waals surface area contributed by atoms with Crippen molar-refractivity contribution in [2.45, 2.75) is 13.8 Å². The van der Waals surface area contributed by atoms with E-state index in [4.69, 9.17) is 5.73 Å². The highest BCUT2D eigenvalue weighted by Crippen LogP contribution is 2.26. The molecule has 1 heterocycles. The molecular formula is C14H16FN3OS. The molecule has 0 saturated carbocycles. The molecule has 20 heavy (non-hydrogen) atoms. The Kier molecular flexibility index (Phi) is 4.46. The molecule has 1 aromatic heterocycles. The Balaban J connectivity index is 2.16. The van der Waals surface area contributed by atoms with Gasteiger partial charge in [0.25, 0.3) is 0 Å². The van der Waals surface area contributed by atoms with Crippen LogP contribution in [0.1, 0.15) is 12.5 Å². The van der Waals surface area contributed by atoms with Crippen LogP contribution >= 0.6 is 11.3 Å². The van der Waals surface area contributed by atoms with E-state index in [1.807, 2.05) is 5.38 Å². The standard InChI is InChI=1S/C14H16FN3OS/c1-8-5-10(3-4-11(8)15)12-7-20-14(17-12)18-13(19)9(2)6-16/h3-5,7,9H,6,16H2,1-2H3,(H,17,18,19). The number of anilines is 1. The number of nitrogens with two attached hydrogens (primary N) is 1. The number of nitrogens with zero attached hydrogens (tertiary/aromatic N) is 1. The van der Waals surface area contributed by atoms with E-state index in [9.17, 15) is 9.18 Å². The first-order valence-electron chi connectivity index (χ1n) is 6.24. The molecule has 0 radical (unpaired) electrons. The molecule has 2 rings (SSSR count). The van der Waals surface area contributed by atoms with Crippen LogP contribution in [0.5, 0.6) is 0 Å². The maximum Gasteiger partial charge on any atom is 0.230 e. The quantitative estimate of drug-likeness (QED) is 0.910. The third-order valence-electron chi connectivity index (χ3n) is 2.99. The van der Waals surface area contributed by atoms with Crippen molar-refractivity contribution in [2.24, 2.45) is 11.7 Å². The number of hydrogen-bond acceptors (Lipinski definition) is 4. The van der Waals surface area contributed by atoms with E-state index in [1.54, 1.807) is 26.0 Å². The lowest BCUT2D eigenvalue weighted by Crippen LogP contribution is -2.26. The van der Waals surface area contributed by atoms with Crippen LogP contribution in [0.15, 0.2) is 23.6 Å². The minimum absolute atomic E-state index is 0.149. The van der Waals surface area contributed by atoms with E-state index >= 15 is 0 Å². The van der Waals surface area contributed by atoms with Crippen LogP contribution in [0.4, 0.5) is 9.52 Å². The molecule has 1 amide bonds. The van der Waals surface area contributed by atoms with Crippen molar-refractivity contribution in [3.05, 3.63) is 35.0 Å². The maximum absolute atomic E-state index is 13.2. The van der Waals surface area contributed by atoms with Crippen LogP contribution in [-0.4, -0.2) is 17.4 Å². The van der Waals surface area contributed by atoms with Crippen LogP contribution in [0, 0.1) is 18.7 Å². The fourth-order valence-corrected chi connectivity index (χ4v) is 2.33. The first-order valence-corrected chi connectivity index (χ1v) is 7.12. The molecule has 4 nitrogen and oxygen atoms in total. The Morgan fingerprint density at radius 2 is 2.30 bits per heavy atom. The average Bonchev–Trinajstić information content (AvgIpc) is 2.89. The number of rotatable bonds is 4. The van der Waals surface area contributed by atoms with Gasteiger partial charge in [-0.2, -0.15) is 0 Å². The second-order valence-corrected chi connectivity index (χ2v) is 5.49.